The van der Waals surface area contributed by atoms with Crippen molar-refractivity contribution in [2.24, 2.45) is 5.92 Å². The number of carbonyl (C=O) groups is 2. The molecule has 1 aliphatic heterocycles. The topological polar surface area (TPSA) is 37.4 Å². The second-order valence-corrected chi connectivity index (χ2v) is 4.41. The molecule has 0 bridgehead atoms. The third-order valence-electron chi connectivity index (χ3n) is 2.15. The van der Waals surface area contributed by atoms with Gasteiger partial charge in [0.2, 0.25) is 11.8 Å². The summed E-state index contributed by atoms with van der Waals surface area (Å²) >= 11 is 4.04. The van der Waals surface area contributed by atoms with Crippen LogP contribution in [0.3, 0.4) is 0 Å². The molecule has 0 aromatic carbocycles. The van der Waals surface area contributed by atoms with Crippen LogP contribution >= 0.6 is 12.6 Å². The van der Waals surface area contributed by atoms with Gasteiger partial charge in [0.15, 0.2) is 0 Å². The Morgan fingerprint density at radius 3 is 2.54 bits per heavy atom. The maximum Gasteiger partial charge on any atom is 0.242 e. The third kappa shape index (κ3) is 2.46. The number of likely N-dealkylation sites (tertiary alicyclic amines) is 1. The van der Waals surface area contributed by atoms with E-state index in [2.05, 4.69) is 26.5 Å². The Morgan fingerprint density at radius 2 is 2.15 bits per heavy atom. The fourth-order valence-corrected chi connectivity index (χ4v) is 1.58. The van der Waals surface area contributed by atoms with Crippen molar-refractivity contribution in [3.8, 4) is 0 Å². The normalized spacial score (nSPS) is 23.4. The van der Waals surface area contributed by atoms with Crippen molar-refractivity contribution < 1.29 is 9.59 Å². The van der Waals surface area contributed by atoms with E-state index >= 15 is 0 Å². The molecule has 0 aliphatic carbocycles. The van der Waals surface area contributed by atoms with E-state index in [0.717, 1.165) is 6.42 Å². The molecule has 3 nitrogen and oxygen atoms in total. The second-order valence-electron chi connectivity index (χ2n) is 3.79. The van der Waals surface area contributed by atoms with Crippen LogP contribution in [-0.2, 0) is 9.59 Å². The van der Waals surface area contributed by atoms with Crippen LogP contribution in [0, 0.1) is 5.92 Å². The Morgan fingerprint density at radius 1 is 1.54 bits per heavy atom. The lowest BCUT2D eigenvalue weighted by molar-refractivity contribution is -0.138. The minimum absolute atomic E-state index is 0.0781. The Kier molecular flexibility index (Phi) is 3.36. The molecule has 1 fully saturated rings. The van der Waals surface area contributed by atoms with E-state index in [1.807, 2.05) is 0 Å². The van der Waals surface area contributed by atoms with Gasteiger partial charge in [-0.25, -0.2) is 0 Å². The van der Waals surface area contributed by atoms with Crippen LogP contribution < -0.4 is 0 Å². The molecular weight excluding hydrogens is 186 g/mol. The molecule has 13 heavy (non-hydrogen) atoms. The summed E-state index contributed by atoms with van der Waals surface area (Å²) in [4.78, 5) is 24.0. The van der Waals surface area contributed by atoms with Gasteiger partial charge in [0, 0.05) is 13.0 Å². The van der Waals surface area contributed by atoms with E-state index in [0.29, 0.717) is 12.5 Å². The number of imide groups is 1. The molecule has 0 radical (unpaired) electrons. The van der Waals surface area contributed by atoms with Crippen LogP contribution in [0.15, 0.2) is 0 Å². The summed E-state index contributed by atoms with van der Waals surface area (Å²) in [5.74, 6) is 0.305. The minimum atomic E-state index is -0.403. The maximum atomic E-state index is 11.4. The van der Waals surface area contributed by atoms with Crippen LogP contribution in [0.4, 0.5) is 0 Å². The fraction of sp³-hybridized carbons (Fsp3) is 0.778. The first kappa shape index (κ1) is 10.6. The molecule has 0 N–H and O–H groups in total. The van der Waals surface area contributed by atoms with Gasteiger partial charge in [-0.1, -0.05) is 13.8 Å². The zero-order valence-corrected chi connectivity index (χ0v) is 8.88. The van der Waals surface area contributed by atoms with Crippen molar-refractivity contribution in [1.82, 2.24) is 4.90 Å². The van der Waals surface area contributed by atoms with E-state index in [1.165, 1.54) is 4.90 Å². The van der Waals surface area contributed by atoms with Gasteiger partial charge in [-0.05, 0) is 12.3 Å². The maximum absolute atomic E-state index is 11.4. The SMILES string of the molecule is CC(C)CCN1C(=O)CC(S)C1=O. The highest BCUT2D eigenvalue weighted by Crippen LogP contribution is 2.18. The molecule has 1 aliphatic rings. The number of thiol groups is 1. The van der Waals surface area contributed by atoms with Crippen molar-refractivity contribution in [3.05, 3.63) is 0 Å². The molecule has 2 amide bonds. The first-order chi connectivity index (χ1) is 6.02. The number of amides is 2. The molecule has 1 heterocycles. The summed E-state index contributed by atoms with van der Waals surface area (Å²) in [6.45, 7) is 4.69. The molecule has 4 heteroatoms. The monoisotopic (exact) mass is 201 g/mol. The van der Waals surface area contributed by atoms with Crippen molar-refractivity contribution in [3.63, 3.8) is 0 Å². The summed E-state index contributed by atoms with van der Waals surface area (Å²) in [5.41, 5.74) is 0. The van der Waals surface area contributed by atoms with Gasteiger partial charge in [0.25, 0.3) is 0 Å². The third-order valence-corrected chi connectivity index (χ3v) is 2.55. The Balaban J connectivity index is 2.49. The average molecular weight is 201 g/mol. The predicted octanol–water partition coefficient (Wildman–Crippen LogP) is 1.09. The van der Waals surface area contributed by atoms with Gasteiger partial charge in [-0.15, -0.1) is 0 Å². The molecule has 0 spiro atoms. The summed E-state index contributed by atoms with van der Waals surface area (Å²) in [5, 5.41) is -0.403. The summed E-state index contributed by atoms with van der Waals surface area (Å²) in [6.07, 6.45) is 1.14. The molecule has 1 atom stereocenters. The quantitative estimate of drug-likeness (QED) is 0.548. The van der Waals surface area contributed by atoms with Crippen molar-refractivity contribution in [2.45, 2.75) is 31.9 Å². The number of rotatable bonds is 3. The van der Waals surface area contributed by atoms with Gasteiger partial charge in [0.05, 0.1) is 5.25 Å². The highest BCUT2D eigenvalue weighted by atomic mass is 32.1. The fourth-order valence-electron chi connectivity index (χ4n) is 1.29. The molecule has 0 aromatic rings. The number of hydrogen-bond donors (Lipinski definition) is 1. The van der Waals surface area contributed by atoms with Gasteiger partial charge in [0.1, 0.15) is 0 Å². The van der Waals surface area contributed by atoms with Crippen LogP contribution in [0.5, 0.6) is 0 Å². The highest BCUT2D eigenvalue weighted by molar-refractivity contribution is 7.81. The zero-order valence-electron chi connectivity index (χ0n) is 7.99. The Bertz CT molecular complexity index is 228. The molecular formula is C9H15NO2S. The molecule has 1 rings (SSSR count). The Hall–Kier alpha value is -0.510. The first-order valence-electron chi connectivity index (χ1n) is 4.54. The average Bonchev–Trinajstić information content (AvgIpc) is 2.24. The summed E-state index contributed by atoms with van der Waals surface area (Å²) < 4.78 is 0. The van der Waals surface area contributed by atoms with E-state index in [1.54, 1.807) is 0 Å². The van der Waals surface area contributed by atoms with Crippen molar-refractivity contribution in [1.29, 1.82) is 0 Å². The first-order valence-corrected chi connectivity index (χ1v) is 5.06. The molecule has 74 valence electrons. The van der Waals surface area contributed by atoms with Crippen LogP contribution in [0.2, 0.25) is 0 Å². The van der Waals surface area contributed by atoms with Crippen LogP contribution in [0.1, 0.15) is 26.7 Å². The van der Waals surface area contributed by atoms with E-state index in [9.17, 15) is 9.59 Å². The molecule has 0 aromatic heterocycles. The van der Waals surface area contributed by atoms with Crippen LogP contribution in [0.25, 0.3) is 0 Å². The lowest BCUT2D eigenvalue weighted by atomic mass is 10.1. The van der Waals surface area contributed by atoms with Crippen LogP contribution in [-0.4, -0.2) is 28.5 Å². The number of carbonyl (C=O) groups excluding carboxylic acids is 2. The zero-order chi connectivity index (χ0) is 10.0. The molecule has 1 saturated heterocycles. The Labute approximate surface area is 83.9 Å². The van der Waals surface area contributed by atoms with E-state index in [4.69, 9.17) is 0 Å². The van der Waals surface area contributed by atoms with Gasteiger partial charge >= 0.3 is 0 Å². The molecule has 1 unspecified atom stereocenters. The van der Waals surface area contributed by atoms with E-state index in [-0.39, 0.29) is 18.2 Å². The van der Waals surface area contributed by atoms with E-state index < -0.39 is 5.25 Å². The lowest BCUT2D eigenvalue weighted by Crippen LogP contribution is -2.32. The summed E-state index contributed by atoms with van der Waals surface area (Å²) in [6, 6.07) is 0. The number of nitrogens with zero attached hydrogens (tertiary/aromatic N) is 1. The minimum Gasteiger partial charge on any atom is -0.282 e. The van der Waals surface area contributed by atoms with Gasteiger partial charge in [-0.3, -0.25) is 14.5 Å². The van der Waals surface area contributed by atoms with Gasteiger partial charge in [-0.2, -0.15) is 12.6 Å². The number of hydrogen-bond acceptors (Lipinski definition) is 3. The molecule has 0 saturated carbocycles. The smallest absolute Gasteiger partial charge is 0.242 e. The van der Waals surface area contributed by atoms with Crippen molar-refractivity contribution >= 4 is 24.4 Å². The second kappa shape index (κ2) is 4.13. The predicted molar refractivity (Wildman–Crippen MR) is 53.6 cm³/mol. The largest absolute Gasteiger partial charge is 0.282 e. The van der Waals surface area contributed by atoms with Crippen molar-refractivity contribution in [2.75, 3.05) is 6.54 Å². The summed E-state index contributed by atoms with van der Waals surface area (Å²) in [7, 11) is 0. The lowest BCUT2D eigenvalue weighted by Gasteiger charge is -2.14. The highest BCUT2D eigenvalue weighted by Gasteiger charge is 2.35. The van der Waals surface area contributed by atoms with Gasteiger partial charge < -0.3 is 0 Å². The standard InChI is InChI=1S/C9H15NO2S/c1-6(2)3-4-10-8(11)5-7(13)9(10)12/h6-7,13H,3-5H2,1-2H3.